The third-order valence-electron chi connectivity index (χ3n) is 6.22. The molecule has 0 unspecified atom stereocenters. The SMILES string of the molecule is C=CCOc1c(Br)cc(/C=c2\sc3n(c2=O)[C@@H](c2ccc(OC)c(OCC)c2)C(C(=O)OCC)=C(C)N=3)cc1OC. The number of thiazole rings is 1. The van der Waals surface area contributed by atoms with E-state index >= 15 is 0 Å². The number of allylic oxidation sites excluding steroid dienone is 1. The van der Waals surface area contributed by atoms with Crippen molar-refractivity contribution in [1.29, 1.82) is 0 Å². The van der Waals surface area contributed by atoms with Gasteiger partial charge in [-0.25, -0.2) is 9.79 Å². The Bertz CT molecular complexity index is 1690. The van der Waals surface area contributed by atoms with Crippen molar-refractivity contribution in [1.82, 2.24) is 4.57 Å². The van der Waals surface area contributed by atoms with Crippen LogP contribution in [0.4, 0.5) is 0 Å². The summed E-state index contributed by atoms with van der Waals surface area (Å²) >= 11 is 4.77. The van der Waals surface area contributed by atoms with E-state index in [0.717, 1.165) is 0 Å². The van der Waals surface area contributed by atoms with E-state index in [1.807, 2.05) is 19.1 Å². The molecule has 0 fully saturated rings. The van der Waals surface area contributed by atoms with Crippen molar-refractivity contribution in [3.63, 3.8) is 0 Å². The number of nitrogens with zero attached hydrogens (tertiary/aromatic N) is 2. The van der Waals surface area contributed by atoms with Crippen molar-refractivity contribution in [2.75, 3.05) is 34.0 Å². The molecular weight excluding hydrogens is 612 g/mol. The van der Waals surface area contributed by atoms with Gasteiger partial charge in [0, 0.05) is 0 Å². The topological polar surface area (TPSA) is 97.6 Å². The fraction of sp³-hybridized carbons (Fsp3) is 0.300. The van der Waals surface area contributed by atoms with Gasteiger partial charge < -0.3 is 23.7 Å². The van der Waals surface area contributed by atoms with Gasteiger partial charge in [0.15, 0.2) is 27.8 Å². The number of fused-ring (bicyclic) bond motifs is 1. The highest BCUT2D eigenvalue weighted by molar-refractivity contribution is 9.10. The molecule has 0 N–H and O–H groups in total. The molecule has 0 spiro atoms. The molecule has 2 aromatic carbocycles. The first-order chi connectivity index (χ1) is 19.8. The van der Waals surface area contributed by atoms with Crippen LogP contribution in [0.2, 0.25) is 0 Å². The maximum absolute atomic E-state index is 14.0. The highest BCUT2D eigenvalue weighted by Gasteiger charge is 2.34. The summed E-state index contributed by atoms with van der Waals surface area (Å²) in [5.74, 6) is 1.54. The molecule has 1 atom stereocenters. The van der Waals surface area contributed by atoms with E-state index in [4.69, 9.17) is 23.7 Å². The summed E-state index contributed by atoms with van der Waals surface area (Å²) in [6.07, 6.45) is 3.40. The zero-order valence-corrected chi connectivity index (χ0v) is 25.9. The molecule has 11 heteroatoms. The molecule has 41 heavy (non-hydrogen) atoms. The lowest BCUT2D eigenvalue weighted by Crippen LogP contribution is -2.40. The van der Waals surface area contributed by atoms with Crippen molar-refractivity contribution in [3.05, 3.63) is 89.5 Å². The number of carbonyl (C=O) groups excluding carboxylic acids is 1. The predicted octanol–water partition coefficient (Wildman–Crippen LogP) is 4.54. The van der Waals surface area contributed by atoms with Crippen molar-refractivity contribution < 1.29 is 28.5 Å². The van der Waals surface area contributed by atoms with E-state index < -0.39 is 12.0 Å². The molecule has 0 aliphatic carbocycles. The van der Waals surface area contributed by atoms with Crippen LogP contribution in [0.15, 0.2) is 68.5 Å². The first kappa shape index (κ1) is 30.1. The second-order valence-electron chi connectivity index (χ2n) is 8.78. The van der Waals surface area contributed by atoms with Crippen molar-refractivity contribution in [2.45, 2.75) is 26.8 Å². The second-order valence-corrected chi connectivity index (χ2v) is 10.6. The Morgan fingerprint density at radius 3 is 2.51 bits per heavy atom. The number of methoxy groups -OCH3 is 2. The van der Waals surface area contributed by atoms with Crippen molar-refractivity contribution in [3.8, 4) is 23.0 Å². The van der Waals surface area contributed by atoms with E-state index in [-0.39, 0.29) is 17.7 Å². The molecule has 1 aromatic heterocycles. The summed E-state index contributed by atoms with van der Waals surface area (Å²) in [5, 5.41) is 0. The molecule has 4 rings (SSSR count). The molecule has 9 nitrogen and oxygen atoms in total. The minimum absolute atomic E-state index is 0.183. The molecular formula is C30H31BrN2O7S. The summed E-state index contributed by atoms with van der Waals surface area (Å²) in [6, 6.07) is 8.19. The molecule has 0 radical (unpaired) electrons. The number of hydrogen-bond donors (Lipinski definition) is 0. The molecule has 0 saturated carbocycles. The number of aromatic nitrogens is 1. The van der Waals surface area contributed by atoms with Gasteiger partial charge in [0.2, 0.25) is 0 Å². The molecule has 3 aromatic rings. The summed E-state index contributed by atoms with van der Waals surface area (Å²) in [6.45, 7) is 9.94. The lowest BCUT2D eigenvalue weighted by Gasteiger charge is -2.25. The monoisotopic (exact) mass is 642 g/mol. The maximum atomic E-state index is 14.0. The van der Waals surface area contributed by atoms with E-state index in [1.54, 1.807) is 58.4 Å². The van der Waals surface area contributed by atoms with Crippen LogP contribution in [0.25, 0.3) is 6.08 Å². The summed E-state index contributed by atoms with van der Waals surface area (Å²) in [5.41, 5.74) is 1.83. The summed E-state index contributed by atoms with van der Waals surface area (Å²) in [7, 11) is 3.10. The quantitative estimate of drug-likeness (QED) is 0.224. The molecule has 216 valence electrons. The number of hydrogen-bond acceptors (Lipinski definition) is 9. The van der Waals surface area contributed by atoms with Crippen LogP contribution in [0.1, 0.15) is 37.9 Å². The number of esters is 1. The van der Waals surface area contributed by atoms with Gasteiger partial charge >= 0.3 is 5.97 Å². The van der Waals surface area contributed by atoms with E-state index in [1.165, 1.54) is 15.9 Å². The average Bonchev–Trinajstić information content (AvgIpc) is 3.25. The first-order valence-electron chi connectivity index (χ1n) is 12.9. The minimum Gasteiger partial charge on any atom is -0.493 e. The number of ether oxygens (including phenoxy) is 5. The second kappa shape index (κ2) is 13.2. The average molecular weight is 644 g/mol. The van der Waals surface area contributed by atoms with Crippen LogP contribution < -0.4 is 33.8 Å². The van der Waals surface area contributed by atoms with E-state index in [0.29, 0.717) is 66.8 Å². The number of halogens is 1. The Morgan fingerprint density at radius 2 is 1.85 bits per heavy atom. The molecule has 0 amide bonds. The maximum Gasteiger partial charge on any atom is 0.338 e. The fourth-order valence-electron chi connectivity index (χ4n) is 4.50. The van der Waals surface area contributed by atoms with Crippen LogP contribution in [0.5, 0.6) is 23.0 Å². The van der Waals surface area contributed by atoms with Crippen LogP contribution in [0, 0.1) is 0 Å². The van der Waals surface area contributed by atoms with Gasteiger partial charge in [-0.15, -0.1) is 0 Å². The third-order valence-corrected chi connectivity index (χ3v) is 7.79. The molecule has 0 saturated heterocycles. The highest BCUT2D eigenvalue weighted by Crippen LogP contribution is 2.38. The van der Waals surface area contributed by atoms with Gasteiger partial charge in [-0.2, -0.15) is 0 Å². The van der Waals surface area contributed by atoms with Crippen LogP contribution in [-0.4, -0.2) is 44.6 Å². The molecule has 1 aliphatic rings. The third kappa shape index (κ3) is 6.11. The van der Waals surface area contributed by atoms with Crippen LogP contribution >= 0.6 is 27.3 Å². The van der Waals surface area contributed by atoms with Gasteiger partial charge in [-0.3, -0.25) is 9.36 Å². The highest BCUT2D eigenvalue weighted by atomic mass is 79.9. The molecule has 0 bridgehead atoms. The fourth-order valence-corrected chi connectivity index (χ4v) is 6.12. The molecule has 1 aliphatic heterocycles. The van der Waals surface area contributed by atoms with Gasteiger partial charge in [0.05, 0.1) is 53.8 Å². The van der Waals surface area contributed by atoms with Crippen LogP contribution in [-0.2, 0) is 9.53 Å². The zero-order chi connectivity index (χ0) is 29.7. The van der Waals surface area contributed by atoms with Crippen LogP contribution in [0.3, 0.4) is 0 Å². The van der Waals surface area contributed by atoms with E-state index in [9.17, 15) is 9.59 Å². The van der Waals surface area contributed by atoms with Gasteiger partial charge in [0.25, 0.3) is 5.56 Å². The Hall–Kier alpha value is -3.83. The number of rotatable bonds is 11. The minimum atomic E-state index is -0.784. The standard InChI is InChI=1S/C30H31BrN2O7S/c1-7-12-40-27-20(31)13-18(14-23(27)37-6)15-24-28(34)33-26(19-10-11-21(36-5)22(16-19)38-8-2)25(29(35)39-9-3)17(4)32-30(33)41-24/h7,10-11,13-16,26H,1,8-9,12H2,2-6H3/b24-15-/t26-/m0/s1. The van der Waals surface area contributed by atoms with Crippen molar-refractivity contribution >= 4 is 39.3 Å². The largest absolute Gasteiger partial charge is 0.493 e. The van der Waals surface area contributed by atoms with Crippen molar-refractivity contribution in [2.24, 2.45) is 4.99 Å². The zero-order valence-electron chi connectivity index (χ0n) is 23.5. The Labute approximate surface area is 250 Å². The Balaban J connectivity index is 1.93. The predicted molar refractivity (Wildman–Crippen MR) is 161 cm³/mol. The lowest BCUT2D eigenvalue weighted by atomic mass is 9.95. The number of benzene rings is 2. The van der Waals surface area contributed by atoms with Gasteiger partial charge in [-0.1, -0.05) is 30.1 Å². The lowest BCUT2D eigenvalue weighted by molar-refractivity contribution is -0.139. The first-order valence-corrected chi connectivity index (χ1v) is 14.5. The van der Waals surface area contributed by atoms with Gasteiger partial charge in [-0.05, 0) is 78.2 Å². The summed E-state index contributed by atoms with van der Waals surface area (Å²) < 4.78 is 30.5. The number of carbonyl (C=O) groups is 1. The smallest absolute Gasteiger partial charge is 0.338 e. The molecule has 2 heterocycles. The Kier molecular flexibility index (Phi) is 9.72. The van der Waals surface area contributed by atoms with E-state index in [2.05, 4.69) is 27.5 Å². The Morgan fingerprint density at radius 1 is 1.10 bits per heavy atom. The summed E-state index contributed by atoms with van der Waals surface area (Å²) in [4.78, 5) is 32.3. The normalized spacial score (nSPS) is 14.7. The van der Waals surface area contributed by atoms with Gasteiger partial charge in [0.1, 0.15) is 6.61 Å².